The maximum Gasteiger partial charge on any atom is 0.303 e. The molecule has 3 aromatic carbocycles. The molecule has 0 aromatic heterocycles. The van der Waals surface area contributed by atoms with Crippen molar-refractivity contribution in [1.29, 1.82) is 0 Å². The number of carboxylic acid groups (broad SMARTS) is 1. The standard InChI is InChI=1S/C32H37FO5/c1-32(2,3)31(36)28-15-21(10-12-26(28)27-18-24(37-4)11-13-29(27)33)19-38-25-7-5-6-22(16-25)23(17-30(34)35)14-20-8-9-20/h5-7,10-13,15-16,18,20,23,31,36H,8-9,14,17,19H2,1-4H3,(H,34,35). The van der Waals surface area contributed by atoms with Crippen LogP contribution in [0.25, 0.3) is 11.1 Å². The number of hydrogen-bond acceptors (Lipinski definition) is 4. The first kappa shape index (κ1) is 27.6. The molecule has 1 saturated carbocycles. The summed E-state index contributed by atoms with van der Waals surface area (Å²) in [5.41, 5.74) is 2.92. The summed E-state index contributed by atoms with van der Waals surface area (Å²) in [4.78, 5) is 11.4. The summed E-state index contributed by atoms with van der Waals surface area (Å²) >= 11 is 0. The Kier molecular flexibility index (Phi) is 8.41. The number of benzene rings is 3. The second-order valence-corrected chi connectivity index (χ2v) is 11.4. The van der Waals surface area contributed by atoms with Gasteiger partial charge in [-0.2, -0.15) is 0 Å². The predicted molar refractivity (Wildman–Crippen MR) is 146 cm³/mol. The SMILES string of the molecule is COc1ccc(F)c(-c2ccc(COc3cccc(C(CC(=O)O)CC4CC4)c3)cc2C(O)C(C)(C)C)c1. The minimum absolute atomic E-state index is 0.0332. The Labute approximate surface area is 224 Å². The van der Waals surface area contributed by atoms with Crippen LogP contribution in [0, 0.1) is 17.2 Å². The topological polar surface area (TPSA) is 76.0 Å². The van der Waals surface area contributed by atoms with Crippen LogP contribution in [0.4, 0.5) is 4.39 Å². The number of carbonyl (C=O) groups is 1. The smallest absolute Gasteiger partial charge is 0.303 e. The van der Waals surface area contributed by atoms with Gasteiger partial charge in [-0.1, -0.05) is 57.9 Å². The molecule has 0 radical (unpaired) electrons. The first-order valence-corrected chi connectivity index (χ1v) is 13.1. The van der Waals surface area contributed by atoms with Crippen LogP contribution >= 0.6 is 0 Å². The molecule has 2 atom stereocenters. The van der Waals surface area contributed by atoms with E-state index < -0.39 is 23.3 Å². The van der Waals surface area contributed by atoms with Gasteiger partial charge in [-0.05, 0) is 82.3 Å². The summed E-state index contributed by atoms with van der Waals surface area (Å²) in [5, 5.41) is 20.6. The molecule has 0 spiro atoms. The molecule has 2 unspecified atom stereocenters. The Morgan fingerprint density at radius 1 is 1.03 bits per heavy atom. The van der Waals surface area contributed by atoms with Gasteiger partial charge in [0, 0.05) is 5.56 Å². The second-order valence-electron chi connectivity index (χ2n) is 11.4. The molecule has 0 amide bonds. The van der Waals surface area contributed by atoms with Crippen LogP contribution in [0.5, 0.6) is 11.5 Å². The van der Waals surface area contributed by atoms with Crippen molar-refractivity contribution >= 4 is 5.97 Å². The molecule has 1 aliphatic rings. The highest BCUT2D eigenvalue weighted by molar-refractivity contribution is 5.70. The van der Waals surface area contributed by atoms with Gasteiger partial charge in [0.05, 0.1) is 19.6 Å². The maximum atomic E-state index is 14.9. The van der Waals surface area contributed by atoms with Crippen molar-refractivity contribution < 1.29 is 28.9 Å². The highest BCUT2D eigenvalue weighted by atomic mass is 19.1. The Morgan fingerprint density at radius 2 is 1.79 bits per heavy atom. The van der Waals surface area contributed by atoms with Crippen molar-refractivity contribution in [2.24, 2.45) is 11.3 Å². The number of ether oxygens (including phenoxy) is 2. The molecule has 6 heteroatoms. The number of halogens is 1. The molecule has 202 valence electrons. The lowest BCUT2D eigenvalue weighted by Crippen LogP contribution is -2.19. The highest BCUT2D eigenvalue weighted by Crippen LogP contribution is 2.42. The summed E-state index contributed by atoms with van der Waals surface area (Å²) in [5.74, 6) is 0.594. The molecule has 5 nitrogen and oxygen atoms in total. The Bertz CT molecular complexity index is 1280. The van der Waals surface area contributed by atoms with E-state index >= 15 is 0 Å². The van der Waals surface area contributed by atoms with Gasteiger partial charge in [-0.15, -0.1) is 0 Å². The average Bonchev–Trinajstić information content (AvgIpc) is 3.70. The number of aliphatic hydroxyl groups excluding tert-OH is 1. The number of methoxy groups -OCH3 is 1. The molecule has 0 bridgehead atoms. The molecule has 1 aliphatic carbocycles. The summed E-state index contributed by atoms with van der Waals surface area (Å²) in [6.07, 6.45) is 2.49. The Hall–Kier alpha value is -3.38. The Balaban J connectivity index is 1.60. The highest BCUT2D eigenvalue weighted by Gasteiger charge is 2.29. The maximum absolute atomic E-state index is 14.9. The molecular weight excluding hydrogens is 483 g/mol. The lowest BCUT2D eigenvalue weighted by atomic mass is 9.81. The van der Waals surface area contributed by atoms with E-state index in [-0.39, 0.29) is 18.9 Å². The van der Waals surface area contributed by atoms with Crippen LogP contribution in [-0.4, -0.2) is 23.3 Å². The van der Waals surface area contributed by atoms with Crippen LogP contribution in [0.3, 0.4) is 0 Å². The van der Waals surface area contributed by atoms with Gasteiger partial charge in [0.15, 0.2) is 0 Å². The normalized spacial score (nSPS) is 15.1. The second kappa shape index (κ2) is 11.6. The van der Waals surface area contributed by atoms with Crippen LogP contribution in [0.1, 0.15) is 75.2 Å². The monoisotopic (exact) mass is 520 g/mol. The number of aliphatic hydroxyl groups is 1. The van der Waals surface area contributed by atoms with Gasteiger partial charge in [-0.3, -0.25) is 4.79 Å². The van der Waals surface area contributed by atoms with E-state index in [0.717, 1.165) is 17.5 Å². The van der Waals surface area contributed by atoms with Crippen LogP contribution < -0.4 is 9.47 Å². The van der Waals surface area contributed by atoms with Crippen molar-refractivity contribution in [2.45, 2.75) is 65.1 Å². The minimum atomic E-state index is -0.842. The summed E-state index contributed by atoms with van der Waals surface area (Å²) in [6, 6.07) is 17.8. The van der Waals surface area contributed by atoms with Gasteiger partial charge in [0.25, 0.3) is 0 Å². The van der Waals surface area contributed by atoms with Crippen molar-refractivity contribution in [3.05, 3.63) is 83.2 Å². The summed E-state index contributed by atoms with van der Waals surface area (Å²) < 4.78 is 26.3. The van der Waals surface area contributed by atoms with Crippen molar-refractivity contribution in [3.8, 4) is 22.6 Å². The molecule has 4 rings (SSSR count). The summed E-state index contributed by atoms with van der Waals surface area (Å²) in [7, 11) is 1.53. The predicted octanol–water partition coefficient (Wildman–Crippen LogP) is 7.52. The average molecular weight is 521 g/mol. The lowest BCUT2D eigenvalue weighted by molar-refractivity contribution is -0.137. The molecule has 1 fully saturated rings. The summed E-state index contributed by atoms with van der Waals surface area (Å²) in [6.45, 7) is 6.06. The first-order valence-electron chi connectivity index (χ1n) is 13.1. The zero-order chi connectivity index (χ0) is 27.4. The lowest BCUT2D eigenvalue weighted by Gasteiger charge is -2.28. The third-order valence-electron chi connectivity index (χ3n) is 7.17. The fraction of sp³-hybridized carbons (Fsp3) is 0.406. The van der Waals surface area contributed by atoms with Crippen molar-refractivity contribution in [2.75, 3.05) is 7.11 Å². The van der Waals surface area contributed by atoms with Gasteiger partial charge in [0.1, 0.15) is 23.9 Å². The quantitative estimate of drug-likeness (QED) is 0.273. The van der Waals surface area contributed by atoms with E-state index in [1.807, 2.05) is 63.2 Å². The van der Waals surface area contributed by atoms with Gasteiger partial charge in [-0.25, -0.2) is 4.39 Å². The first-order chi connectivity index (χ1) is 18.0. The van der Waals surface area contributed by atoms with E-state index in [4.69, 9.17) is 9.47 Å². The van der Waals surface area contributed by atoms with Crippen molar-refractivity contribution in [1.82, 2.24) is 0 Å². The molecule has 38 heavy (non-hydrogen) atoms. The van der Waals surface area contributed by atoms with Gasteiger partial charge >= 0.3 is 5.97 Å². The van der Waals surface area contributed by atoms with Crippen molar-refractivity contribution in [3.63, 3.8) is 0 Å². The fourth-order valence-electron chi connectivity index (χ4n) is 4.81. The van der Waals surface area contributed by atoms with Gasteiger partial charge < -0.3 is 19.7 Å². The molecule has 0 saturated heterocycles. The van der Waals surface area contributed by atoms with Gasteiger partial charge in [0.2, 0.25) is 0 Å². The van der Waals surface area contributed by atoms with E-state index in [1.165, 1.54) is 26.0 Å². The van der Waals surface area contributed by atoms with E-state index in [0.29, 0.717) is 34.1 Å². The van der Waals surface area contributed by atoms with Crippen LogP contribution in [-0.2, 0) is 11.4 Å². The molecule has 0 heterocycles. The number of aliphatic carboxylic acids is 1. The van der Waals surface area contributed by atoms with Crippen LogP contribution in [0.2, 0.25) is 0 Å². The fourth-order valence-corrected chi connectivity index (χ4v) is 4.81. The molecular formula is C32H37FO5. The third-order valence-corrected chi connectivity index (χ3v) is 7.17. The minimum Gasteiger partial charge on any atom is -0.497 e. The molecule has 0 aliphatic heterocycles. The third kappa shape index (κ3) is 6.93. The van der Waals surface area contributed by atoms with E-state index in [2.05, 4.69) is 0 Å². The molecule has 2 N–H and O–H groups in total. The number of rotatable bonds is 11. The molecule has 3 aromatic rings. The number of carboxylic acids is 1. The largest absolute Gasteiger partial charge is 0.497 e. The zero-order valence-electron chi connectivity index (χ0n) is 22.5. The van der Waals surface area contributed by atoms with E-state index in [1.54, 1.807) is 12.1 Å². The van der Waals surface area contributed by atoms with Crippen LogP contribution in [0.15, 0.2) is 60.7 Å². The Morgan fingerprint density at radius 3 is 2.45 bits per heavy atom. The van der Waals surface area contributed by atoms with E-state index in [9.17, 15) is 19.4 Å². The number of hydrogen-bond donors (Lipinski definition) is 2. The zero-order valence-corrected chi connectivity index (χ0v) is 22.5.